The fourth-order valence-corrected chi connectivity index (χ4v) is 2.43. The summed E-state index contributed by atoms with van der Waals surface area (Å²) >= 11 is 6.20. The van der Waals surface area contributed by atoms with Crippen LogP contribution < -0.4 is 11.1 Å². The molecule has 23 heavy (non-hydrogen) atoms. The van der Waals surface area contributed by atoms with Crippen LogP contribution in [0.4, 0.5) is 10.5 Å². The summed E-state index contributed by atoms with van der Waals surface area (Å²) in [6, 6.07) is 3.55. The number of nitrogen functional groups attached to an aromatic ring is 1. The molecule has 0 saturated carbocycles. The number of carbonyl (C=O) groups is 1. The van der Waals surface area contributed by atoms with Crippen molar-refractivity contribution in [2.45, 2.75) is 45.0 Å². The predicted octanol–water partition coefficient (Wildman–Crippen LogP) is 2.58. The number of carbonyl (C=O) groups excluding carboxylic acids is 1. The van der Waals surface area contributed by atoms with E-state index in [1.54, 1.807) is 26.8 Å². The summed E-state index contributed by atoms with van der Waals surface area (Å²) in [5, 5.41) is 12.0. The zero-order valence-electron chi connectivity index (χ0n) is 13.9. The predicted molar refractivity (Wildman–Crippen MR) is 94.0 cm³/mol. The summed E-state index contributed by atoms with van der Waals surface area (Å²) in [7, 11) is 6.12. The van der Waals surface area contributed by atoms with Gasteiger partial charge in [0, 0.05) is 23.9 Å². The van der Waals surface area contributed by atoms with Crippen LogP contribution in [-0.4, -0.2) is 37.8 Å². The maximum Gasteiger partial charge on any atom is 0.407 e. The smallest absolute Gasteiger partial charge is 0.407 e. The van der Waals surface area contributed by atoms with E-state index in [2.05, 4.69) is 5.32 Å². The molecule has 7 heteroatoms. The van der Waals surface area contributed by atoms with Crippen LogP contribution in [0.1, 0.15) is 44.1 Å². The molecule has 1 aromatic carbocycles. The van der Waals surface area contributed by atoms with Gasteiger partial charge in [-0.05, 0) is 56.6 Å². The molecule has 0 spiro atoms. The first-order valence-electron chi connectivity index (χ1n) is 7.55. The molecule has 0 saturated heterocycles. The number of benzene rings is 1. The molecule has 0 aliphatic carbocycles. The van der Waals surface area contributed by atoms with Gasteiger partial charge in [0.05, 0.1) is 7.85 Å². The SMILES string of the molecule is [B]C(CNC(=O)OC(C)(C)C)c1c(Cl)ccc(CCCO)c1N. The number of rotatable bonds is 6. The molecule has 0 aliphatic heterocycles. The quantitative estimate of drug-likeness (QED) is 0.550. The second-order valence-electron chi connectivity index (χ2n) is 6.35. The van der Waals surface area contributed by atoms with Gasteiger partial charge in [-0.15, -0.1) is 0 Å². The highest BCUT2D eigenvalue weighted by Gasteiger charge is 2.19. The molecule has 0 aliphatic rings. The third kappa shape index (κ3) is 6.32. The number of aliphatic hydroxyl groups excluding tert-OH is 1. The van der Waals surface area contributed by atoms with E-state index < -0.39 is 17.5 Å². The molecule has 1 unspecified atom stereocenters. The lowest BCUT2D eigenvalue weighted by atomic mass is 9.79. The Morgan fingerprint density at radius 1 is 1.48 bits per heavy atom. The Kier molecular flexibility index (Phi) is 7.22. The van der Waals surface area contributed by atoms with Gasteiger partial charge in [0.25, 0.3) is 0 Å². The van der Waals surface area contributed by atoms with Crippen LogP contribution in [0.25, 0.3) is 0 Å². The maximum absolute atomic E-state index is 11.7. The molecule has 0 fully saturated rings. The molecule has 0 aromatic heterocycles. The molecular weight excluding hydrogens is 314 g/mol. The Bertz CT molecular complexity index is 547. The van der Waals surface area contributed by atoms with E-state index in [9.17, 15) is 4.79 Å². The van der Waals surface area contributed by atoms with Gasteiger partial charge in [-0.1, -0.05) is 17.7 Å². The highest BCUT2D eigenvalue weighted by molar-refractivity contribution is 6.32. The van der Waals surface area contributed by atoms with Crippen molar-refractivity contribution < 1.29 is 14.6 Å². The molecule has 5 nitrogen and oxygen atoms in total. The van der Waals surface area contributed by atoms with Crippen LogP contribution in [0.5, 0.6) is 0 Å². The molecule has 0 heterocycles. The number of nitrogens with one attached hydrogen (secondary N) is 1. The number of hydrogen-bond acceptors (Lipinski definition) is 4. The lowest BCUT2D eigenvalue weighted by Gasteiger charge is -2.22. The number of aryl methyl sites for hydroxylation is 1. The van der Waals surface area contributed by atoms with E-state index in [4.69, 9.17) is 35.0 Å². The van der Waals surface area contributed by atoms with Crippen molar-refractivity contribution in [3.63, 3.8) is 0 Å². The van der Waals surface area contributed by atoms with Crippen LogP contribution in [-0.2, 0) is 11.2 Å². The second-order valence-corrected chi connectivity index (χ2v) is 6.76. The molecular formula is C16H24BClN2O3. The van der Waals surface area contributed by atoms with Gasteiger partial charge in [0.1, 0.15) is 5.60 Å². The number of amides is 1. The molecule has 126 valence electrons. The summed E-state index contributed by atoms with van der Waals surface area (Å²) in [6.45, 7) is 5.59. The molecule has 1 atom stereocenters. The molecule has 4 N–H and O–H groups in total. The van der Waals surface area contributed by atoms with Crippen LogP contribution in [0.2, 0.25) is 5.02 Å². The van der Waals surface area contributed by atoms with Gasteiger partial charge in [-0.3, -0.25) is 0 Å². The minimum atomic E-state index is -0.574. The Labute approximate surface area is 143 Å². The molecule has 0 bridgehead atoms. The summed E-state index contributed by atoms with van der Waals surface area (Å²) in [5.74, 6) is -0.552. The summed E-state index contributed by atoms with van der Waals surface area (Å²) in [6.07, 6.45) is 0.703. The number of alkyl carbamates (subject to hydrolysis) is 1. The van der Waals surface area contributed by atoms with Gasteiger partial charge < -0.3 is 20.9 Å². The van der Waals surface area contributed by atoms with Crippen molar-refractivity contribution in [3.8, 4) is 0 Å². The Balaban J connectivity index is 2.79. The van der Waals surface area contributed by atoms with Crippen molar-refractivity contribution in [2.75, 3.05) is 18.9 Å². The number of anilines is 1. The first-order chi connectivity index (χ1) is 10.7. The third-order valence-corrected chi connectivity index (χ3v) is 3.49. The van der Waals surface area contributed by atoms with Crippen molar-refractivity contribution >= 4 is 31.2 Å². The number of halogens is 1. The van der Waals surface area contributed by atoms with Crippen molar-refractivity contribution in [1.29, 1.82) is 0 Å². The largest absolute Gasteiger partial charge is 0.444 e. The second kappa shape index (κ2) is 8.46. The van der Waals surface area contributed by atoms with Crippen LogP contribution in [0, 0.1) is 0 Å². The Morgan fingerprint density at radius 3 is 2.70 bits per heavy atom. The first kappa shape index (κ1) is 19.7. The lowest BCUT2D eigenvalue weighted by molar-refractivity contribution is 0.0527. The first-order valence-corrected chi connectivity index (χ1v) is 7.93. The monoisotopic (exact) mass is 338 g/mol. The third-order valence-electron chi connectivity index (χ3n) is 3.16. The van der Waals surface area contributed by atoms with E-state index in [1.807, 2.05) is 6.07 Å². The van der Waals surface area contributed by atoms with E-state index in [0.717, 1.165) is 5.56 Å². The number of aliphatic hydroxyl groups is 1. The lowest BCUT2D eigenvalue weighted by Crippen LogP contribution is -2.35. The highest BCUT2D eigenvalue weighted by Crippen LogP contribution is 2.31. The summed E-state index contributed by atoms with van der Waals surface area (Å²) in [5.41, 5.74) is 7.55. The standard InChI is InChI=1S/C16H24BClN2O3/c1-16(2,3)23-15(22)20-9-11(17)13-12(18)7-6-10(14(13)19)5-4-8-21/h6-7,11,21H,4-5,8-9,19H2,1-3H3,(H,20,22). The normalized spacial score (nSPS) is 12.7. The molecule has 1 amide bonds. The summed E-state index contributed by atoms with van der Waals surface area (Å²) < 4.78 is 5.16. The maximum atomic E-state index is 11.7. The molecule has 1 rings (SSSR count). The minimum Gasteiger partial charge on any atom is -0.444 e. The zero-order chi connectivity index (χ0) is 17.6. The Hall–Kier alpha value is -1.40. The van der Waals surface area contributed by atoms with Gasteiger partial charge in [0.15, 0.2) is 0 Å². The molecule has 1 aromatic rings. The van der Waals surface area contributed by atoms with Crippen LogP contribution in [0.15, 0.2) is 12.1 Å². The molecule has 2 radical (unpaired) electrons. The average Bonchev–Trinajstić information content (AvgIpc) is 2.42. The summed E-state index contributed by atoms with van der Waals surface area (Å²) in [4.78, 5) is 11.7. The average molecular weight is 339 g/mol. The van der Waals surface area contributed by atoms with Crippen molar-refractivity contribution in [1.82, 2.24) is 5.32 Å². The number of ether oxygens (including phenoxy) is 1. The fraction of sp³-hybridized carbons (Fsp3) is 0.562. The topological polar surface area (TPSA) is 84.6 Å². The van der Waals surface area contributed by atoms with E-state index >= 15 is 0 Å². The van der Waals surface area contributed by atoms with Crippen LogP contribution >= 0.6 is 11.6 Å². The number of nitrogens with two attached hydrogens (primary N) is 1. The van der Waals surface area contributed by atoms with Gasteiger partial charge in [-0.2, -0.15) is 0 Å². The number of hydrogen-bond donors (Lipinski definition) is 3. The van der Waals surface area contributed by atoms with E-state index in [1.165, 1.54) is 0 Å². The van der Waals surface area contributed by atoms with Crippen LogP contribution in [0.3, 0.4) is 0 Å². The van der Waals surface area contributed by atoms with Gasteiger partial charge >= 0.3 is 6.09 Å². The Morgan fingerprint density at radius 2 is 2.13 bits per heavy atom. The zero-order valence-corrected chi connectivity index (χ0v) is 14.6. The fourth-order valence-electron chi connectivity index (χ4n) is 2.13. The van der Waals surface area contributed by atoms with Crippen molar-refractivity contribution in [2.24, 2.45) is 0 Å². The van der Waals surface area contributed by atoms with Crippen molar-refractivity contribution in [3.05, 3.63) is 28.3 Å². The minimum absolute atomic E-state index is 0.0870. The van der Waals surface area contributed by atoms with E-state index in [-0.39, 0.29) is 13.2 Å². The van der Waals surface area contributed by atoms with Gasteiger partial charge in [-0.25, -0.2) is 4.79 Å². The van der Waals surface area contributed by atoms with Gasteiger partial charge in [0.2, 0.25) is 0 Å². The highest BCUT2D eigenvalue weighted by atomic mass is 35.5. The van der Waals surface area contributed by atoms with E-state index in [0.29, 0.717) is 29.1 Å².